The highest BCUT2D eigenvalue weighted by Crippen LogP contribution is 2.47. The van der Waals surface area contributed by atoms with Gasteiger partial charge < -0.3 is 18.8 Å². The average molecular weight is 479 g/mol. The molecule has 0 bridgehead atoms. The Balaban J connectivity index is 1.76. The summed E-state index contributed by atoms with van der Waals surface area (Å²) in [6, 6.07) is 15.4. The van der Waals surface area contributed by atoms with E-state index in [0.717, 1.165) is 34.3 Å². The number of esters is 1. The number of methoxy groups -OCH3 is 1. The van der Waals surface area contributed by atoms with E-state index in [0.29, 0.717) is 19.7 Å². The molecule has 1 aromatic heterocycles. The second-order valence-corrected chi connectivity index (χ2v) is 9.06. The maximum absolute atomic E-state index is 13.4. The molecule has 7 heteroatoms. The summed E-state index contributed by atoms with van der Waals surface area (Å²) in [5.74, 6) is -0.102. The van der Waals surface area contributed by atoms with Crippen molar-refractivity contribution in [1.29, 1.82) is 0 Å². The molecule has 186 valence electrons. The second kappa shape index (κ2) is 11.0. The lowest BCUT2D eigenvalue weighted by Crippen LogP contribution is -2.39. The van der Waals surface area contributed by atoms with Crippen LogP contribution in [0.2, 0.25) is 0 Å². The number of likely N-dealkylation sites (tertiary alicyclic amines) is 1. The molecule has 1 saturated heterocycles. The van der Waals surface area contributed by atoms with Gasteiger partial charge in [0.1, 0.15) is 11.3 Å². The summed E-state index contributed by atoms with van der Waals surface area (Å²) in [6.07, 6.45) is 2.56. The first-order chi connectivity index (χ1) is 17.0. The number of carbonyl (C=O) groups excluding carboxylic acids is 2. The van der Waals surface area contributed by atoms with Crippen LogP contribution in [0.15, 0.2) is 59.2 Å². The normalized spacial score (nSPS) is 20.2. The smallest absolute Gasteiger partial charge is 0.311 e. The van der Waals surface area contributed by atoms with Gasteiger partial charge in [-0.25, -0.2) is 0 Å². The molecule has 3 aromatic rings. The standard InChI is InChI=1S/C28H34N2O5/c1-5-14-29(3)25(31)18-30-17-23(21-8-7-19-13-15-35-24(19)16-21)26(28(32)34-6-2)27(30)20-9-11-22(33-4)12-10-20/h7-13,15-16,23,26-27H,5-6,14,17-18H2,1-4H3/t23-,26-,27+/m1/s1. The van der Waals surface area contributed by atoms with E-state index in [1.807, 2.05) is 62.5 Å². The maximum Gasteiger partial charge on any atom is 0.311 e. The third-order valence-electron chi connectivity index (χ3n) is 6.85. The molecule has 1 amide bonds. The molecule has 0 spiro atoms. The Morgan fingerprint density at radius 1 is 1.09 bits per heavy atom. The van der Waals surface area contributed by atoms with Crippen molar-refractivity contribution in [3.8, 4) is 5.75 Å². The van der Waals surface area contributed by atoms with Crippen molar-refractivity contribution in [1.82, 2.24) is 9.80 Å². The van der Waals surface area contributed by atoms with Gasteiger partial charge in [-0.15, -0.1) is 0 Å². The summed E-state index contributed by atoms with van der Waals surface area (Å²) in [5.41, 5.74) is 2.74. The number of likely N-dealkylation sites (N-methyl/N-ethyl adjacent to an activating group) is 1. The van der Waals surface area contributed by atoms with Crippen LogP contribution in [0.5, 0.6) is 5.75 Å². The first kappa shape index (κ1) is 24.8. The first-order valence-electron chi connectivity index (χ1n) is 12.2. The van der Waals surface area contributed by atoms with Gasteiger partial charge in [0.15, 0.2) is 0 Å². The molecule has 4 rings (SSSR count). The lowest BCUT2D eigenvalue weighted by atomic mass is 9.82. The zero-order chi connectivity index (χ0) is 24.9. The van der Waals surface area contributed by atoms with Gasteiger partial charge in [0.25, 0.3) is 0 Å². The number of amides is 1. The van der Waals surface area contributed by atoms with Gasteiger partial charge in [-0.05, 0) is 48.7 Å². The number of hydrogen-bond acceptors (Lipinski definition) is 6. The predicted octanol–water partition coefficient (Wildman–Crippen LogP) is 4.63. The van der Waals surface area contributed by atoms with Crippen molar-refractivity contribution >= 4 is 22.8 Å². The SMILES string of the molecule is CCCN(C)C(=O)CN1C[C@H](c2ccc3ccoc3c2)[C@@H](C(=O)OCC)[C@@H]1c1ccc(OC)cc1. The third kappa shape index (κ3) is 5.20. The fourth-order valence-corrected chi connectivity index (χ4v) is 5.11. The van der Waals surface area contributed by atoms with Crippen molar-refractivity contribution in [2.24, 2.45) is 5.92 Å². The number of benzene rings is 2. The molecule has 1 aliphatic heterocycles. The van der Waals surface area contributed by atoms with E-state index in [1.54, 1.807) is 18.3 Å². The molecular formula is C28H34N2O5. The molecule has 2 heterocycles. The highest BCUT2D eigenvalue weighted by atomic mass is 16.5. The molecule has 7 nitrogen and oxygen atoms in total. The monoisotopic (exact) mass is 478 g/mol. The van der Waals surface area contributed by atoms with E-state index in [4.69, 9.17) is 13.9 Å². The molecule has 0 N–H and O–H groups in total. The van der Waals surface area contributed by atoms with E-state index >= 15 is 0 Å². The van der Waals surface area contributed by atoms with E-state index in [2.05, 4.69) is 11.8 Å². The van der Waals surface area contributed by atoms with Gasteiger partial charge in [-0.2, -0.15) is 0 Å². The van der Waals surface area contributed by atoms with Crippen molar-refractivity contribution < 1.29 is 23.5 Å². The molecule has 0 aliphatic carbocycles. The molecule has 0 saturated carbocycles. The minimum Gasteiger partial charge on any atom is -0.497 e. The first-order valence-corrected chi connectivity index (χ1v) is 12.2. The van der Waals surface area contributed by atoms with Gasteiger partial charge in [-0.3, -0.25) is 14.5 Å². The molecule has 0 radical (unpaired) electrons. The molecule has 35 heavy (non-hydrogen) atoms. The summed E-state index contributed by atoms with van der Waals surface area (Å²) in [6.45, 7) is 5.64. The molecule has 3 atom stereocenters. The lowest BCUT2D eigenvalue weighted by molar-refractivity contribution is -0.149. The van der Waals surface area contributed by atoms with Crippen molar-refractivity contribution in [3.63, 3.8) is 0 Å². The van der Waals surface area contributed by atoms with Crippen molar-refractivity contribution in [3.05, 3.63) is 65.9 Å². The number of rotatable bonds is 9. The lowest BCUT2D eigenvalue weighted by Gasteiger charge is -2.29. The number of carbonyl (C=O) groups is 2. The average Bonchev–Trinajstić information content (AvgIpc) is 3.48. The van der Waals surface area contributed by atoms with Gasteiger partial charge in [0.05, 0.1) is 32.4 Å². The molecule has 0 unspecified atom stereocenters. The van der Waals surface area contributed by atoms with Crippen LogP contribution in [0.3, 0.4) is 0 Å². The number of hydrogen-bond donors (Lipinski definition) is 0. The third-order valence-corrected chi connectivity index (χ3v) is 6.85. The molecule has 2 aromatic carbocycles. The van der Waals surface area contributed by atoms with Crippen LogP contribution in [0.4, 0.5) is 0 Å². The fourth-order valence-electron chi connectivity index (χ4n) is 5.11. The van der Waals surface area contributed by atoms with Crippen LogP contribution in [-0.4, -0.2) is 62.1 Å². The molecule has 1 aliphatic rings. The molecule has 1 fully saturated rings. The van der Waals surface area contributed by atoms with Crippen LogP contribution < -0.4 is 4.74 Å². The summed E-state index contributed by atoms with van der Waals surface area (Å²) in [5, 5.41) is 1.01. The topological polar surface area (TPSA) is 72.2 Å². The Labute approximate surface area is 206 Å². The van der Waals surface area contributed by atoms with E-state index < -0.39 is 5.92 Å². The van der Waals surface area contributed by atoms with Crippen LogP contribution in [0.1, 0.15) is 43.4 Å². The summed E-state index contributed by atoms with van der Waals surface area (Å²) >= 11 is 0. The zero-order valence-corrected chi connectivity index (χ0v) is 20.9. The number of nitrogens with zero attached hydrogens (tertiary/aromatic N) is 2. The van der Waals surface area contributed by atoms with Crippen LogP contribution in [-0.2, 0) is 14.3 Å². The Morgan fingerprint density at radius 2 is 1.83 bits per heavy atom. The number of furan rings is 1. The van der Waals surface area contributed by atoms with Crippen LogP contribution >= 0.6 is 0 Å². The van der Waals surface area contributed by atoms with Crippen molar-refractivity contribution in [2.75, 3.05) is 40.4 Å². The predicted molar refractivity (Wildman–Crippen MR) is 134 cm³/mol. The van der Waals surface area contributed by atoms with Crippen LogP contribution in [0, 0.1) is 5.92 Å². The highest BCUT2D eigenvalue weighted by Gasteiger charge is 2.48. The zero-order valence-electron chi connectivity index (χ0n) is 20.9. The summed E-state index contributed by atoms with van der Waals surface area (Å²) in [4.78, 5) is 30.4. The van der Waals surface area contributed by atoms with Crippen molar-refractivity contribution in [2.45, 2.75) is 32.2 Å². The Kier molecular flexibility index (Phi) is 7.76. The van der Waals surface area contributed by atoms with E-state index in [1.165, 1.54) is 0 Å². The Bertz CT molecular complexity index is 1160. The quantitative estimate of drug-likeness (QED) is 0.418. The van der Waals surface area contributed by atoms with Gasteiger partial charge >= 0.3 is 5.97 Å². The second-order valence-electron chi connectivity index (χ2n) is 9.06. The highest BCUT2D eigenvalue weighted by molar-refractivity contribution is 5.81. The molecular weight excluding hydrogens is 444 g/mol. The van der Waals surface area contributed by atoms with Gasteiger partial charge in [-0.1, -0.05) is 31.2 Å². The maximum atomic E-state index is 13.4. The Hall–Kier alpha value is -3.32. The number of ether oxygens (including phenoxy) is 2. The van der Waals surface area contributed by atoms with E-state index in [9.17, 15) is 9.59 Å². The van der Waals surface area contributed by atoms with Gasteiger partial charge in [0, 0.05) is 37.5 Å². The summed E-state index contributed by atoms with van der Waals surface area (Å²) < 4.78 is 16.6. The minimum absolute atomic E-state index is 0.0371. The fraction of sp³-hybridized carbons (Fsp3) is 0.429. The number of fused-ring (bicyclic) bond motifs is 1. The van der Waals surface area contributed by atoms with Crippen LogP contribution in [0.25, 0.3) is 11.0 Å². The largest absolute Gasteiger partial charge is 0.497 e. The Morgan fingerprint density at radius 3 is 2.51 bits per heavy atom. The summed E-state index contributed by atoms with van der Waals surface area (Å²) in [7, 11) is 3.46. The van der Waals surface area contributed by atoms with Gasteiger partial charge in [0.2, 0.25) is 5.91 Å². The van der Waals surface area contributed by atoms with E-state index in [-0.39, 0.29) is 30.4 Å². The minimum atomic E-state index is -0.472.